The van der Waals surface area contributed by atoms with Crippen LogP contribution < -0.4 is 11.5 Å². The molecule has 2 aliphatic rings. The van der Waals surface area contributed by atoms with Gasteiger partial charge in [-0.2, -0.15) is 0 Å². The Morgan fingerprint density at radius 2 is 2.00 bits per heavy atom. The molecule has 1 aromatic rings. The van der Waals surface area contributed by atoms with Crippen LogP contribution in [-0.2, 0) is 14.4 Å². The summed E-state index contributed by atoms with van der Waals surface area (Å²) in [7, 11) is 0. The van der Waals surface area contributed by atoms with Crippen molar-refractivity contribution in [1.29, 1.82) is 0 Å². The van der Waals surface area contributed by atoms with Gasteiger partial charge >= 0.3 is 5.97 Å². The summed E-state index contributed by atoms with van der Waals surface area (Å²) in [5.74, 6) is -2.80. The smallest absolute Gasteiger partial charge is 0.354 e. The van der Waals surface area contributed by atoms with E-state index in [1.807, 2.05) is 18.2 Å². The van der Waals surface area contributed by atoms with E-state index >= 15 is 0 Å². The number of fused-ring (bicyclic) bond motifs is 1. The molecular weight excluding hydrogens is 392 g/mol. The standard InChI is InChI=1S/C11H15N3O5S2.C5H5N/c1-3(15)5-8(17)14-6(10(18)19)11(21-9(5)14)20-2-4(12)7(13)16;1-2-4-6-5-3-1/h3-5,9,15H,2,12H2,1H3,(H2,13,16)(H,18,19);1-5H/t3?,4-,5-,9+;/m0./s1. The van der Waals surface area contributed by atoms with Gasteiger partial charge in [0.2, 0.25) is 11.8 Å². The monoisotopic (exact) mass is 412 g/mol. The fourth-order valence-electron chi connectivity index (χ4n) is 2.41. The number of hydrogen-bond acceptors (Lipinski definition) is 8. The van der Waals surface area contributed by atoms with E-state index in [1.54, 1.807) is 12.4 Å². The van der Waals surface area contributed by atoms with Crippen LogP contribution in [0.1, 0.15) is 6.92 Å². The molecule has 3 rings (SSSR count). The number of pyridine rings is 1. The number of carbonyl (C=O) groups excluding carboxylic acids is 2. The van der Waals surface area contributed by atoms with E-state index < -0.39 is 41.2 Å². The summed E-state index contributed by atoms with van der Waals surface area (Å²) in [4.78, 5) is 39.1. The van der Waals surface area contributed by atoms with Crippen LogP contribution in [0.2, 0.25) is 0 Å². The van der Waals surface area contributed by atoms with Gasteiger partial charge in [-0.05, 0) is 19.1 Å². The van der Waals surface area contributed by atoms with E-state index in [0.29, 0.717) is 4.24 Å². The Morgan fingerprint density at radius 1 is 1.37 bits per heavy atom. The molecule has 1 fully saturated rings. The topological polar surface area (TPSA) is 160 Å². The van der Waals surface area contributed by atoms with Crippen molar-refractivity contribution in [3.05, 3.63) is 40.5 Å². The minimum absolute atomic E-state index is 0.117. The highest BCUT2D eigenvalue weighted by atomic mass is 32.2. The first-order valence-electron chi connectivity index (χ1n) is 7.93. The second kappa shape index (κ2) is 9.22. The number of amides is 2. The zero-order valence-corrected chi connectivity index (χ0v) is 16.0. The Morgan fingerprint density at radius 3 is 2.41 bits per heavy atom. The van der Waals surface area contributed by atoms with E-state index in [4.69, 9.17) is 11.5 Å². The minimum Gasteiger partial charge on any atom is -0.477 e. The van der Waals surface area contributed by atoms with Crippen molar-refractivity contribution in [1.82, 2.24) is 9.88 Å². The van der Waals surface area contributed by atoms with Crippen molar-refractivity contribution < 1.29 is 24.6 Å². The molecule has 0 bridgehead atoms. The molecule has 0 saturated carbocycles. The molecule has 11 heteroatoms. The fraction of sp³-hybridized carbons (Fsp3) is 0.375. The second-order valence-electron chi connectivity index (χ2n) is 5.77. The summed E-state index contributed by atoms with van der Waals surface area (Å²) >= 11 is 2.27. The highest BCUT2D eigenvalue weighted by Crippen LogP contribution is 2.53. The molecule has 1 aromatic heterocycles. The quantitative estimate of drug-likeness (QED) is 0.463. The number of aliphatic carboxylic acids is 1. The maximum absolute atomic E-state index is 11.9. The number of hydrogen-bond donors (Lipinski definition) is 4. The molecule has 9 nitrogen and oxygen atoms in total. The lowest BCUT2D eigenvalue weighted by Crippen LogP contribution is -2.60. The van der Waals surface area contributed by atoms with E-state index in [1.165, 1.54) is 23.6 Å². The number of aliphatic hydroxyl groups is 1. The van der Waals surface area contributed by atoms with Crippen molar-refractivity contribution in [2.24, 2.45) is 17.4 Å². The van der Waals surface area contributed by atoms with Crippen LogP contribution >= 0.6 is 23.5 Å². The van der Waals surface area contributed by atoms with Gasteiger partial charge in [0.05, 0.1) is 22.3 Å². The highest BCUT2D eigenvalue weighted by Gasteiger charge is 2.57. The molecule has 1 unspecified atom stereocenters. The largest absolute Gasteiger partial charge is 0.477 e. The van der Waals surface area contributed by atoms with Gasteiger partial charge in [0.25, 0.3) is 0 Å². The van der Waals surface area contributed by atoms with E-state index in [0.717, 1.165) is 11.8 Å². The third-order valence-corrected chi connectivity index (χ3v) is 6.57. The van der Waals surface area contributed by atoms with Crippen LogP contribution in [0.5, 0.6) is 0 Å². The summed E-state index contributed by atoms with van der Waals surface area (Å²) in [6.07, 6.45) is 2.65. The van der Waals surface area contributed by atoms with Crippen LogP contribution in [0.4, 0.5) is 0 Å². The summed E-state index contributed by atoms with van der Waals surface area (Å²) in [6.45, 7) is 1.50. The Balaban J connectivity index is 0.000000369. The number of nitrogens with zero attached hydrogens (tertiary/aromatic N) is 2. The number of carbonyl (C=O) groups is 3. The van der Waals surface area contributed by atoms with E-state index in [-0.39, 0.29) is 11.4 Å². The summed E-state index contributed by atoms with van der Waals surface area (Å²) < 4.78 is 0.403. The van der Waals surface area contributed by atoms with E-state index in [9.17, 15) is 24.6 Å². The Bertz CT molecular complexity index is 717. The normalized spacial score (nSPS) is 22.9. The third-order valence-electron chi connectivity index (χ3n) is 3.79. The molecule has 2 amide bonds. The number of primary amides is 1. The number of carboxylic acid groups (broad SMARTS) is 1. The molecule has 0 aromatic carbocycles. The van der Waals surface area contributed by atoms with Gasteiger partial charge < -0.3 is 21.7 Å². The van der Waals surface area contributed by atoms with Crippen molar-refractivity contribution in [3.8, 4) is 0 Å². The van der Waals surface area contributed by atoms with Crippen LogP contribution in [-0.4, -0.2) is 61.2 Å². The molecular formula is C16H20N4O5S2. The Labute approximate surface area is 164 Å². The number of carboxylic acids is 1. The number of β-lactam (4-membered cyclic amide) rings is 1. The summed E-state index contributed by atoms with van der Waals surface area (Å²) in [5, 5.41) is 18.4. The number of nitrogens with two attached hydrogens (primary N) is 2. The Hall–Kier alpha value is -2.08. The average molecular weight is 412 g/mol. The lowest BCUT2D eigenvalue weighted by atomic mass is 9.92. The molecule has 0 aliphatic carbocycles. The molecule has 0 spiro atoms. The van der Waals surface area contributed by atoms with Crippen LogP contribution in [0, 0.1) is 5.92 Å². The molecule has 3 heterocycles. The van der Waals surface area contributed by atoms with Crippen molar-refractivity contribution in [2.45, 2.75) is 24.4 Å². The lowest BCUT2D eigenvalue weighted by Gasteiger charge is -2.43. The molecule has 27 heavy (non-hydrogen) atoms. The number of aliphatic hydroxyl groups excluding tert-OH is 1. The van der Waals surface area contributed by atoms with Crippen LogP contribution in [0.15, 0.2) is 40.5 Å². The van der Waals surface area contributed by atoms with Crippen molar-refractivity contribution in [3.63, 3.8) is 0 Å². The molecule has 2 aliphatic heterocycles. The van der Waals surface area contributed by atoms with Gasteiger partial charge in [0.15, 0.2) is 5.70 Å². The predicted octanol–water partition coefficient (Wildman–Crippen LogP) is -0.220. The summed E-state index contributed by atoms with van der Waals surface area (Å²) in [5.41, 5.74) is 10.4. The molecule has 1 saturated heterocycles. The summed E-state index contributed by atoms with van der Waals surface area (Å²) in [6, 6.07) is 4.82. The molecule has 6 N–H and O–H groups in total. The average Bonchev–Trinajstić information content (AvgIpc) is 2.95. The number of thioether (sulfide) groups is 2. The SMILES string of the molecule is CC(O)[C@H]1C(=O)N2C(C(=O)O)=C(SC[C@H](N)C(N)=O)S[C@H]12.c1ccncc1. The van der Waals surface area contributed by atoms with Gasteiger partial charge in [-0.15, -0.1) is 11.8 Å². The minimum atomic E-state index is -1.22. The zero-order valence-electron chi connectivity index (χ0n) is 14.4. The van der Waals surface area contributed by atoms with Crippen LogP contribution in [0.3, 0.4) is 0 Å². The fourth-order valence-corrected chi connectivity index (χ4v) is 5.32. The van der Waals surface area contributed by atoms with Gasteiger partial charge in [0.1, 0.15) is 5.37 Å². The molecule has 4 atom stereocenters. The highest BCUT2D eigenvalue weighted by molar-refractivity contribution is 8.22. The van der Waals surface area contributed by atoms with Crippen LogP contribution in [0.25, 0.3) is 0 Å². The third kappa shape index (κ3) is 4.80. The Kier molecular flexibility index (Phi) is 7.25. The first kappa shape index (κ1) is 21.2. The maximum atomic E-state index is 11.9. The molecule has 0 radical (unpaired) electrons. The van der Waals surface area contributed by atoms with E-state index in [2.05, 4.69) is 4.98 Å². The lowest BCUT2D eigenvalue weighted by molar-refractivity contribution is -0.156. The van der Waals surface area contributed by atoms with Crippen molar-refractivity contribution >= 4 is 41.3 Å². The molecule has 146 valence electrons. The van der Waals surface area contributed by atoms with Gasteiger partial charge in [-0.1, -0.05) is 17.8 Å². The van der Waals surface area contributed by atoms with Gasteiger partial charge in [0, 0.05) is 18.1 Å². The number of rotatable bonds is 6. The predicted molar refractivity (Wildman–Crippen MR) is 102 cm³/mol. The second-order valence-corrected chi connectivity index (χ2v) is 8.18. The van der Waals surface area contributed by atoms with Gasteiger partial charge in [-0.25, -0.2) is 4.79 Å². The number of aromatic nitrogens is 1. The zero-order chi connectivity index (χ0) is 20.1. The maximum Gasteiger partial charge on any atom is 0.354 e. The van der Waals surface area contributed by atoms with Crippen molar-refractivity contribution in [2.75, 3.05) is 5.75 Å². The first-order valence-corrected chi connectivity index (χ1v) is 9.80. The van der Waals surface area contributed by atoms with Gasteiger partial charge in [-0.3, -0.25) is 19.5 Å². The first-order chi connectivity index (χ1) is 12.8.